The summed E-state index contributed by atoms with van der Waals surface area (Å²) < 4.78 is 5.24. The Labute approximate surface area is 175 Å². The molecule has 0 radical (unpaired) electrons. The summed E-state index contributed by atoms with van der Waals surface area (Å²) >= 11 is 0. The molecule has 1 aliphatic carbocycles. The third-order valence-corrected chi connectivity index (χ3v) is 6.09. The SMILES string of the molecule is CCCCC(CC)CC1CCc2nc(-c3ccc(OC(=O)CC)cc3)ncc2C1. The Morgan fingerprint density at radius 2 is 2.00 bits per heavy atom. The molecular weight excluding hydrogens is 360 g/mol. The summed E-state index contributed by atoms with van der Waals surface area (Å²) in [6.45, 7) is 6.40. The van der Waals surface area contributed by atoms with E-state index in [4.69, 9.17) is 9.72 Å². The Kier molecular flexibility index (Phi) is 7.79. The number of fused-ring (bicyclic) bond motifs is 1. The maximum atomic E-state index is 11.4. The van der Waals surface area contributed by atoms with E-state index in [1.165, 1.54) is 49.8 Å². The number of ether oxygens (including phenoxy) is 1. The predicted octanol–water partition coefficient (Wildman–Crippen LogP) is 6.17. The minimum atomic E-state index is -0.225. The maximum Gasteiger partial charge on any atom is 0.310 e. The van der Waals surface area contributed by atoms with E-state index in [0.717, 1.165) is 36.1 Å². The maximum absolute atomic E-state index is 11.4. The topological polar surface area (TPSA) is 52.1 Å². The zero-order valence-electron chi connectivity index (χ0n) is 18.1. The summed E-state index contributed by atoms with van der Waals surface area (Å²) in [6.07, 6.45) is 12.4. The molecule has 0 bridgehead atoms. The number of carbonyl (C=O) groups excluding carboxylic acids is 1. The molecule has 1 heterocycles. The first-order valence-electron chi connectivity index (χ1n) is 11.3. The first-order chi connectivity index (χ1) is 14.1. The molecule has 2 unspecified atom stereocenters. The van der Waals surface area contributed by atoms with Crippen molar-refractivity contribution >= 4 is 5.97 Å². The second-order valence-electron chi connectivity index (χ2n) is 8.28. The largest absolute Gasteiger partial charge is 0.427 e. The van der Waals surface area contributed by atoms with E-state index < -0.39 is 0 Å². The molecule has 0 fully saturated rings. The van der Waals surface area contributed by atoms with Crippen LogP contribution in [0.3, 0.4) is 0 Å². The number of esters is 1. The third-order valence-electron chi connectivity index (χ3n) is 6.09. The first kappa shape index (κ1) is 21.5. The summed E-state index contributed by atoms with van der Waals surface area (Å²) in [7, 11) is 0. The lowest BCUT2D eigenvalue weighted by molar-refractivity contribution is -0.134. The fourth-order valence-electron chi connectivity index (χ4n) is 4.25. The molecule has 0 saturated heterocycles. The van der Waals surface area contributed by atoms with Crippen LogP contribution in [0.4, 0.5) is 0 Å². The molecule has 4 nitrogen and oxygen atoms in total. The number of unbranched alkanes of at least 4 members (excludes halogenated alkanes) is 1. The molecule has 1 aromatic carbocycles. The van der Waals surface area contributed by atoms with Gasteiger partial charge in [-0.3, -0.25) is 4.79 Å². The van der Waals surface area contributed by atoms with Crippen LogP contribution < -0.4 is 4.74 Å². The van der Waals surface area contributed by atoms with Crippen molar-refractivity contribution in [1.29, 1.82) is 0 Å². The molecular formula is C25H34N2O2. The molecule has 0 amide bonds. The molecule has 29 heavy (non-hydrogen) atoms. The van der Waals surface area contributed by atoms with Gasteiger partial charge in [0.2, 0.25) is 0 Å². The summed E-state index contributed by atoms with van der Waals surface area (Å²) in [5, 5.41) is 0. The van der Waals surface area contributed by atoms with Crippen LogP contribution in [0.5, 0.6) is 5.75 Å². The van der Waals surface area contributed by atoms with Crippen LogP contribution in [-0.4, -0.2) is 15.9 Å². The molecule has 0 N–H and O–H groups in total. The average Bonchev–Trinajstić information content (AvgIpc) is 2.76. The number of rotatable bonds is 9. The minimum absolute atomic E-state index is 0.225. The molecule has 2 atom stereocenters. The van der Waals surface area contributed by atoms with E-state index in [1.807, 2.05) is 30.5 Å². The van der Waals surface area contributed by atoms with E-state index in [2.05, 4.69) is 18.8 Å². The van der Waals surface area contributed by atoms with Gasteiger partial charge in [-0.05, 0) is 67.3 Å². The molecule has 4 heteroatoms. The van der Waals surface area contributed by atoms with Crippen LogP contribution in [0.2, 0.25) is 0 Å². The average molecular weight is 395 g/mol. The van der Waals surface area contributed by atoms with Crippen molar-refractivity contribution in [2.24, 2.45) is 11.8 Å². The normalized spacial score (nSPS) is 16.9. The van der Waals surface area contributed by atoms with Gasteiger partial charge in [0.15, 0.2) is 5.82 Å². The third kappa shape index (κ3) is 5.88. The Hall–Kier alpha value is -2.23. The number of hydrogen-bond donors (Lipinski definition) is 0. The van der Waals surface area contributed by atoms with E-state index in [9.17, 15) is 4.79 Å². The van der Waals surface area contributed by atoms with Gasteiger partial charge < -0.3 is 4.74 Å². The van der Waals surface area contributed by atoms with Gasteiger partial charge in [0, 0.05) is 23.9 Å². The van der Waals surface area contributed by atoms with Crippen LogP contribution in [0.1, 0.15) is 77.0 Å². The number of benzene rings is 1. The van der Waals surface area contributed by atoms with Gasteiger partial charge in [0.05, 0.1) is 0 Å². The highest BCUT2D eigenvalue weighted by Crippen LogP contribution is 2.32. The van der Waals surface area contributed by atoms with Gasteiger partial charge in [-0.1, -0.05) is 46.5 Å². The minimum Gasteiger partial charge on any atom is -0.427 e. The molecule has 1 aromatic heterocycles. The summed E-state index contributed by atoms with van der Waals surface area (Å²) in [5.74, 6) is 2.73. The fourth-order valence-corrected chi connectivity index (χ4v) is 4.25. The Morgan fingerprint density at radius 1 is 1.21 bits per heavy atom. The monoisotopic (exact) mass is 394 g/mol. The van der Waals surface area contributed by atoms with Crippen LogP contribution in [0, 0.1) is 11.8 Å². The van der Waals surface area contributed by atoms with Crippen molar-refractivity contribution in [2.75, 3.05) is 0 Å². The van der Waals surface area contributed by atoms with E-state index in [0.29, 0.717) is 12.2 Å². The van der Waals surface area contributed by atoms with Gasteiger partial charge in [-0.25, -0.2) is 9.97 Å². The second-order valence-corrected chi connectivity index (χ2v) is 8.28. The molecule has 156 valence electrons. The smallest absolute Gasteiger partial charge is 0.310 e. The van der Waals surface area contributed by atoms with Gasteiger partial charge in [0.25, 0.3) is 0 Å². The Bertz CT molecular complexity index is 801. The predicted molar refractivity (Wildman–Crippen MR) is 117 cm³/mol. The van der Waals surface area contributed by atoms with Crippen molar-refractivity contribution in [3.05, 3.63) is 41.7 Å². The van der Waals surface area contributed by atoms with E-state index in [1.54, 1.807) is 6.92 Å². The summed E-state index contributed by atoms with van der Waals surface area (Å²) in [5.41, 5.74) is 3.48. The Morgan fingerprint density at radius 3 is 2.69 bits per heavy atom. The van der Waals surface area contributed by atoms with Crippen LogP contribution in [-0.2, 0) is 17.6 Å². The first-order valence-corrected chi connectivity index (χ1v) is 11.3. The lowest BCUT2D eigenvalue weighted by Crippen LogP contribution is -2.19. The highest BCUT2D eigenvalue weighted by molar-refractivity contribution is 5.72. The molecule has 0 saturated carbocycles. The van der Waals surface area contributed by atoms with Gasteiger partial charge in [-0.15, -0.1) is 0 Å². The molecule has 0 aliphatic heterocycles. The molecule has 2 aromatic rings. The fraction of sp³-hybridized carbons (Fsp3) is 0.560. The number of hydrogen-bond acceptors (Lipinski definition) is 4. The highest BCUT2D eigenvalue weighted by Gasteiger charge is 2.23. The molecule has 1 aliphatic rings. The van der Waals surface area contributed by atoms with Crippen molar-refractivity contribution in [1.82, 2.24) is 9.97 Å². The standard InChI is InChI=1S/C25H34N2O2/c1-4-7-8-18(5-2)15-19-9-14-23-21(16-19)17-26-25(27-23)20-10-12-22(13-11-20)29-24(28)6-3/h10-13,17-19H,4-9,14-16H2,1-3H3. The summed E-state index contributed by atoms with van der Waals surface area (Å²) in [4.78, 5) is 20.9. The van der Waals surface area contributed by atoms with E-state index >= 15 is 0 Å². The quantitative estimate of drug-likeness (QED) is 0.377. The van der Waals surface area contributed by atoms with Gasteiger partial charge in [0.1, 0.15) is 5.75 Å². The Balaban J connectivity index is 1.64. The van der Waals surface area contributed by atoms with Crippen molar-refractivity contribution in [2.45, 2.75) is 78.6 Å². The van der Waals surface area contributed by atoms with Crippen LogP contribution in [0.25, 0.3) is 11.4 Å². The van der Waals surface area contributed by atoms with Gasteiger partial charge >= 0.3 is 5.97 Å². The van der Waals surface area contributed by atoms with Crippen molar-refractivity contribution in [3.63, 3.8) is 0 Å². The number of carbonyl (C=O) groups is 1. The second kappa shape index (κ2) is 10.5. The highest BCUT2D eigenvalue weighted by atomic mass is 16.5. The zero-order chi connectivity index (χ0) is 20.6. The number of aryl methyl sites for hydroxylation is 1. The lowest BCUT2D eigenvalue weighted by atomic mass is 9.79. The zero-order valence-corrected chi connectivity index (χ0v) is 18.1. The number of nitrogens with zero attached hydrogens (tertiary/aromatic N) is 2. The van der Waals surface area contributed by atoms with E-state index in [-0.39, 0.29) is 5.97 Å². The van der Waals surface area contributed by atoms with Crippen LogP contribution in [0.15, 0.2) is 30.5 Å². The summed E-state index contributed by atoms with van der Waals surface area (Å²) in [6, 6.07) is 7.46. The molecule has 3 rings (SSSR count). The molecule has 0 spiro atoms. The van der Waals surface area contributed by atoms with Crippen molar-refractivity contribution in [3.8, 4) is 17.1 Å². The van der Waals surface area contributed by atoms with Crippen LogP contribution >= 0.6 is 0 Å². The van der Waals surface area contributed by atoms with Gasteiger partial charge in [-0.2, -0.15) is 0 Å². The number of aromatic nitrogens is 2. The van der Waals surface area contributed by atoms with Crippen molar-refractivity contribution < 1.29 is 9.53 Å². The lowest BCUT2D eigenvalue weighted by Gasteiger charge is -2.27.